The number of hydrogen-bond donors (Lipinski definition) is 0. The molecule has 1 aromatic heterocycles. The minimum absolute atomic E-state index is 0.0134. The monoisotopic (exact) mass is 678 g/mol. The Morgan fingerprint density at radius 2 is 1.00 bits per heavy atom. The normalized spacial score (nSPS) is 27.4. The van der Waals surface area contributed by atoms with Crippen LogP contribution in [-0.4, -0.2) is 4.57 Å². The van der Waals surface area contributed by atoms with Gasteiger partial charge < -0.3 is 4.57 Å². The first-order chi connectivity index (χ1) is 38.5. The molecule has 0 radical (unpaired) electrons. The quantitative estimate of drug-likeness (QED) is 0.151. The van der Waals surface area contributed by atoms with E-state index in [1.807, 2.05) is 0 Å². The summed E-state index contributed by atoms with van der Waals surface area (Å²) >= 11 is 0. The van der Waals surface area contributed by atoms with Crippen LogP contribution in [0.25, 0.3) is 43.4 Å². The maximum absolute atomic E-state index is 8.06. The molecule has 0 unspecified atom stereocenters. The van der Waals surface area contributed by atoms with E-state index in [0.717, 1.165) is 6.92 Å². The van der Waals surface area contributed by atoms with Gasteiger partial charge in [-0.05, 0) is 65.9 Å². The molecule has 9 rings (SSSR count). The van der Waals surface area contributed by atoms with Gasteiger partial charge in [-0.1, -0.05) is 195 Å². The standard InChI is InChI=1S/C13H11N.2C11H10.C7H8.C6H12/c1-14-12-8-4-2-6-10(12)11-7-3-5-9-13(11)14;1-9-5-4-7-10-6-2-3-8-11(9)10;1-9-6-7-10-4-2-3-5-11(10)8-9;1-7-5-3-2-4-6-7;1-6-4-2-3-5-6/h2-9H,1H3;2*2-8H,1H3;2-6H,1H3;6H,2-5H2,1H3/i2D,3D,4D,5D,6D,7D,8D,9D;2*2D,3D,4D,5D,6D,7D,8D;2D,3D,4D,5D,6D;2D2,3D2,4D2,5D2,6D. The summed E-state index contributed by atoms with van der Waals surface area (Å²) in [4.78, 5) is 0. The molecule has 0 bridgehead atoms. The van der Waals surface area contributed by atoms with Gasteiger partial charge in [-0.3, -0.25) is 0 Å². The van der Waals surface area contributed by atoms with E-state index in [1.54, 1.807) is 0 Å². The zero-order valence-electron chi connectivity index (χ0n) is 62.9. The van der Waals surface area contributed by atoms with E-state index in [-0.39, 0.29) is 170 Å². The molecule has 0 spiro atoms. The second-order valence-corrected chi connectivity index (χ2v) is 9.88. The van der Waals surface area contributed by atoms with Crippen LogP contribution in [0.15, 0.2) is 163 Å². The van der Waals surface area contributed by atoms with Crippen molar-refractivity contribution in [1.29, 1.82) is 0 Å². The van der Waals surface area contributed by atoms with E-state index in [1.165, 1.54) is 32.4 Å². The molecule has 248 valence electrons. The predicted molar refractivity (Wildman–Crippen MR) is 217 cm³/mol. The van der Waals surface area contributed by atoms with Crippen LogP contribution >= 0.6 is 0 Å². The van der Waals surface area contributed by atoms with Crippen molar-refractivity contribution in [3.05, 3.63) is 180 Å². The van der Waals surface area contributed by atoms with E-state index in [2.05, 4.69) is 0 Å². The second-order valence-electron chi connectivity index (χ2n) is 9.88. The number of aromatic nitrogens is 1. The van der Waals surface area contributed by atoms with Crippen molar-refractivity contribution in [2.75, 3.05) is 0 Å². The van der Waals surface area contributed by atoms with Crippen molar-refractivity contribution in [3.63, 3.8) is 0 Å². The highest BCUT2D eigenvalue weighted by atomic mass is 14.9. The molecule has 8 aromatic rings. The van der Waals surface area contributed by atoms with Crippen LogP contribution in [0.3, 0.4) is 0 Å². The summed E-state index contributed by atoms with van der Waals surface area (Å²) in [5, 5.41) is 0.374. The van der Waals surface area contributed by atoms with Gasteiger partial charge in [-0.15, -0.1) is 0 Å². The molecule has 1 saturated carbocycles. The Morgan fingerprint density at radius 3 is 1.59 bits per heavy atom. The van der Waals surface area contributed by atoms with Crippen molar-refractivity contribution in [3.8, 4) is 0 Å². The average molecular weight is 678 g/mol. The molecule has 1 heterocycles. The molecule has 1 heteroatoms. The molecular formula is C48H51N. The highest BCUT2D eigenvalue weighted by molar-refractivity contribution is 6.07. The highest BCUT2D eigenvalue weighted by Gasteiger charge is 2.07. The summed E-state index contributed by atoms with van der Waals surface area (Å²) in [5.41, 5.74) is 1.19. The molecule has 1 fully saturated rings. The lowest BCUT2D eigenvalue weighted by atomic mass is 10.1. The molecule has 49 heavy (non-hydrogen) atoms. The van der Waals surface area contributed by atoms with Gasteiger partial charge in [0.25, 0.3) is 0 Å². The van der Waals surface area contributed by atoms with E-state index < -0.39 is 73.7 Å². The number of nitrogens with zero attached hydrogens (tertiary/aromatic N) is 1. The minimum atomic E-state index is -3.04. The Hall–Kier alpha value is -5.14. The number of rotatable bonds is 0. The van der Waals surface area contributed by atoms with Gasteiger partial charge in [-0.2, -0.15) is 0 Å². The number of para-hydroxylation sites is 2. The van der Waals surface area contributed by atoms with Crippen LogP contribution in [0, 0.1) is 26.7 Å². The second kappa shape index (κ2) is 17.9. The van der Waals surface area contributed by atoms with Crippen molar-refractivity contribution in [1.82, 2.24) is 4.57 Å². The topological polar surface area (TPSA) is 4.93 Å². The Labute approximate surface area is 344 Å². The fourth-order valence-electron chi connectivity index (χ4n) is 3.99. The third-order valence-corrected chi connectivity index (χ3v) is 6.32. The van der Waals surface area contributed by atoms with Crippen LogP contribution in [0.1, 0.15) is 98.5 Å². The molecule has 7 aromatic carbocycles. The summed E-state index contributed by atoms with van der Waals surface area (Å²) in [5.74, 6) is -2.48. The number of fused-ring (bicyclic) bond motifs is 5. The summed E-state index contributed by atoms with van der Waals surface area (Å²) in [6, 6.07) is -8.14. The van der Waals surface area contributed by atoms with Crippen molar-refractivity contribution in [2.24, 2.45) is 12.9 Å². The maximum Gasteiger partial charge on any atom is 0.0645 e. The van der Waals surface area contributed by atoms with Crippen LogP contribution in [0.5, 0.6) is 0 Å². The van der Waals surface area contributed by atoms with Crippen molar-refractivity contribution < 1.29 is 49.3 Å². The number of benzene rings is 7. The largest absolute Gasteiger partial charge is 0.344 e. The smallest absolute Gasteiger partial charge is 0.0645 e. The van der Waals surface area contributed by atoms with Gasteiger partial charge in [0.1, 0.15) is 0 Å². The summed E-state index contributed by atoms with van der Waals surface area (Å²) < 4.78 is 276. The van der Waals surface area contributed by atoms with Gasteiger partial charge in [0.2, 0.25) is 0 Å². The van der Waals surface area contributed by atoms with Crippen LogP contribution in [0.2, 0.25) is 0 Å². The van der Waals surface area contributed by atoms with Crippen molar-refractivity contribution >= 4 is 43.4 Å². The molecule has 0 N–H and O–H groups in total. The lowest BCUT2D eigenvalue weighted by Gasteiger charge is -1.98. The number of hydrogen-bond acceptors (Lipinski definition) is 0. The zero-order chi connectivity index (χ0) is 66.0. The molecular weight excluding hydrogens is 591 g/mol. The first-order valence-electron chi connectivity index (χ1n) is 32.4. The van der Waals surface area contributed by atoms with Gasteiger partial charge in [0.05, 0.1) is 37.0 Å². The summed E-state index contributed by atoms with van der Waals surface area (Å²) in [6.07, 6.45) is -11.9. The van der Waals surface area contributed by atoms with Crippen LogP contribution in [0.4, 0.5) is 0 Å². The average Bonchev–Trinajstić information content (AvgIpc) is 1.53. The van der Waals surface area contributed by atoms with Gasteiger partial charge in [0.15, 0.2) is 0 Å². The van der Waals surface area contributed by atoms with E-state index in [9.17, 15) is 0 Å². The van der Waals surface area contributed by atoms with Crippen LogP contribution in [-0.2, 0) is 7.05 Å². The summed E-state index contributed by atoms with van der Waals surface area (Å²) in [6.45, 7) is 5.43. The predicted octanol–water partition coefficient (Wildman–Crippen LogP) is 13.8. The van der Waals surface area contributed by atoms with Gasteiger partial charge in [0, 0.05) is 41.2 Å². The Morgan fingerprint density at radius 1 is 0.510 bits per heavy atom. The number of aryl methyl sites for hydroxylation is 2. The SMILES string of the molecule is [2H]C1([2H])C([2H])([2H])C([2H])([2H])C([2H])(C)C1([2H])[2H].[2H]c1c([2H])c([2H])c(C)c([2H])c1[2H].[2H]c1c([2H])c([2H])c2c(C)c([2H])c([2H])c([2H])c2c1[2H].[2H]c1c([2H])c([2H])c2c([2H])c(C)c([2H])c([2H])c2c1[2H].[2H]c1c([2H])c([2H])c2c(c1[2H])c1c([2H])c([2H])c([2H])c([2H])c1n2C. The van der Waals surface area contributed by atoms with Gasteiger partial charge >= 0.3 is 0 Å². The first-order valence-corrected chi connectivity index (χ1v) is 14.4. The third kappa shape index (κ3) is 9.94. The highest BCUT2D eigenvalue weighted by Crippen LogP contribution is 2.27. The fourth-order valence-corrected chi connectivity index (χ4v) is 3.99. The molecule has 1 aliphatic rings. The third-order valence-electron chi connectivity index (χ3n) is 6.32. The molecule has 0 aliphatic heterocycles. The Balaban J connectivity index is 0.000000197. The lowest BCUT2D eigenvalue weighted by molar-refractivity contribution is 0.612. The lowest BCUT2D eigenvalue weighted by Crippen LogP contribution is -1.84. The molecule has 0 amide bonds. The van der Waals surface area contributed by atoms with E-state index in [0.29, 0.717) is 11.1 Å². The van der Waals surface area contributed by atoms with Gasteiger partial charge in [-0.25, -0.2) is 0 Å². The first kappa shape index (κ1) is 11.5. The maximum atomic E-state index is 8.06. The summed E-state index contributed by atoms with van der Waals surface area (Å²) in [7, 11) is 1.53. The van der Waals surface area contributed by atoms with E-state index in [4.69, 9.17) is 49.3 Å². The molecule has 1 nitrogen and oxygen atoms in total. The minimum Gasteiger partial charge on any atom is -0.344 e. The van der Waals surface area contributed by atoms with Crippen LogP contribution < -0.4 is 0 Å². The Kier molecular flexibility index (Phi) is 4.17. The van der Waals surface area contributed by atoms with Crippen molar-refractivity contribution in [2.45, 2.75) is 53.2 Å². The Bertz CT molecular complexity index is 3500. The molecule has 0 saturated heterocycles. The zero-order valence-corrected chi connectivity index (χ0v) is 26.9. The fraction of sp³-hybridized carbons (Fsp3) is 0.208. The molecule has 1 aliphatic carbocycles. The van der Waals surface area contributed by atoms with E-state index >= 15 is 0 Å². The molecule has 0 atom stereocenters.